The molecule has 2 N–H and O–H groups in total. The van der Waals surface area contributed by atoms with Crippen LogP contribution in [-0.4, -0.2) is 53.4 Å². The van der Waals surface area contributed by atoms with Crippen LogP contribution in [0, 0.1) is 10.1 Å². The van der Waals surface area contributed by atoms with Crippen molar-refractivity contribution in [2.75, 3.05) is 43.4 Å². The summed E-state index contributed by atoms with van der Waals surface area (Å²) in [5.41, 5.74) is 6.32. The second kappa shape index (κ2) is 11.6. The molecule has 3 aromatic rings. The summed E-state index contributed by atoms with van der Waals surface area (Å²) < 4.78 is 0. The zero-order chi connectivity index (χ0) is 27.5. The van der Waals surface area contributed by atoms with Crippen LogP contribution in [0.25, 0.3) is 11.3 Å². The minimum atomic E-state index is -0.429. The predicted octanol–water partition coefficient (Wildman–Crippen LogP) is 5.76. The highest BCUT2D eigenvalue weighted by Gasteiger charge is 2.30. The normalized spacial score (nSPS) is 18.6. The Morgan fingerprint density at radius 1 is 0.850 bits per heavy atom. The summed E-state index contributed by atoms with van der Waals surface area (Å²) in [6.07, 6.45) is 6.06. The fourth-order valence-corrected chi connectivity index (χ4v) is 5.96. The number of amides is 1. The van der Waals surface area contributed by atoms with Crippen LogP contribution >= 0.6 is 0 Å². The standard InChI is InChI=1S/C32H35N5O3/c38-32-30(28-21-27(37(39)40)13-14-29(28)34-32)31(25-9-5-23(6-10-25)15-20-35-16-1-2-17-35)33-26-11-7-24(8-12-26)22-36-18-3-4-19-36/h5-14,21,33H,1-4,15-20,22H2,(H,34,38). The van der Waals surface area contributed by atoms with Crippen LogP contribution in [0.4, 0.5) is 17.1 Å². The minimum Gasteiger partial charge on any atom is -0.354 e. The number of hydrogen-bond acceptors (Lipinski definition) is 6. The molecule has 3 heterocycles. The first-order chi connectivity index (χ1) is 19.5. The van der Waals surface area contributed by atoms with Crippen LogP contribution < -0.4 is 10.6 Å². The Balaban J connectivity index is 1.32. The Morgan fingerprint density at radius 2 is 1.50 bits per heavy atom. The molecule has 6 rings (SSSR count). The molecule has 0 saturated carbocycles. The molecule has 40 heavy (non-hydrogen) atoms. The van der Waals surface area contributed by atoms with Crippen LogP contribution in [0.2, 0.25) is 0 Å². The zero-order valence-corrected chi connectivity index (χ0v) is 22.7. The summed E-state index contributed by atoms with van der Waals surface area (Å²) in [6, 6.07) is 21.1. The number of nitrogens with one attached hydrogen (secondary N) is 2. The summed E-state index contributed by atoms with van der Waals surface area (Å²) in [5, 5.41) is 17.9. The lowest BCUT2D eigenvalue weighted by atomic mass is 9.98. The number of likely N-dealkylation sites (tertiary alicyclic amines) is 2. The van der Waals surface area contributed by atoms with E-state index in [0.29, 0.717) is 22.5 Å². The Kier molecular flexibility index (Phi) is 7.62. The molecule has 3 aliphatic heterocycles. The molecular formula is C32H35N5O3. The Hall–Kier alpha value is -4.01. The third-order valence-electron chi connectivity index (χ3n) is 8.19. The van der Waals surface area contributed by atoms with Crippen molar-refractivity contribution in [1.29, 1.82) is 0 Å². The summed E-state index contributed by atoms with van der Waals surface area (Å²) >= 11 is 0. The molecule has 2 fully saturated rings. The van der Waals surface area contributed by atoms with E-state index in [-0.39, 0.29) is 11.6 Å². The van der Waals surface area contributed by atoms with Gasteiger partial charge in [0.15, 0.2) is 0 Å². The van der Waals surface area contributed by atoms with E-state index in [1.165, 1.54) is 62.0 Å². The Labute approximate surface area is 234 Å². The smallest absolute Gasteiger partial charge is 0.270 e. The highest BCUT2D eigenvalue weighted by Crippen LogP contribution is 2.39. The van der Waals surface area contributed by atoms with Crippen LogP contribution in [0.3, 0.4) is 0 Å². The van der Waals surface area contributed by atoms with E-state index in [1.807, 2.05) is 24.3 Å². The fraction of sp³-hybridized carbons (Fsp3) is 0.344. The molecule has 0 aromatic heterocycles. The number of nitro groups is 1. The predicted molar refractivity (Wildman–Crippen MR) is 159 cm³/mol. The van der Waals surface area contributed by atoms with Gasteiger partial charge in [0.25, 0.3) is 11.6 Å². The van der Waals surface area contributed by atoms with E-state index >= 15 is 0 Å². The van der Waals surface area contributed by atoms with Gasteiger partial charge >= 0.3 is 0 Å². The number of carbonyl (C=O) groups is 1. The van der Waals surface area contributed by atoms with Gasteiger partial charge in [-0.2, -0.15) is 0 Å². The van der Waals surface area contributed by atoms with Crippen LogP contribution in [0.5, 0.6) is 0 Å². The van der Waals surface area contributed by atoms with Gasteiger partial charge < -0.3 is 15.5 Å². The average molecular weight is 538 g/mol. The second-order valence-corrected chi connectivity index (χ2v) is 11.0. The molecule has 2 saturated heterocycles. The van der Waals surface area contributed by atoms with Crippen molar-refractivity contribution in [3.63, 3.8) is 0 Å². The van der Waals surface area contributed by atoms with Crippen LogP contribution in [-0.2, 0) is 17.8 Å². The molecule has 0 spiro atoms. The van der Waals surface area contributed by atoms with Gasteiger partial charge in [-0.15, -0.1) is 0 Å². The molecule has 3 aromatic carbocycles. The van der Waals surface area contributed by atoms with E-state index in [9.17, 15) is 14.9 Å². The highest BCUT2D eigenvalue weighted by molar-refractivity contribution is 6.37. The van der Waals surface area contributed by atoms with Crippen molar-refractivity contribution in [3.8, 4) is 0 Å². The van der Waals surface area contributed by atoms with E-state index in [2.05, 4.69) is 44.7 Å². The van der Waals surface area contributed by atoms with E-state index in [4.69, 9.17) is 0 Å². The third kappa shape index (κ3) is 5.78. The molecular weight excluding hydrogens is 502 g/mol. The van der Waals surface area contributed by atoms with Crippen molar-refractivity contribution in [1.82, 2.24) is 9.80 Å². The summed E-state index contributed by atoms with van der Waals surface area (Å²) in [5.74, 6) is -0.276. The first-order valence-electron chi connectivity index (χ1n) is 14.3. The molecule has 0 unspecified atom stereocenters. The van der Waals surface area contributed by atoms with Gasteiger partial charge in [0.05, 0.1) is 16.2 Å². The topological polar surface area (TPSA) is 90.7 Å². The Morgan fingerprint density at radius 3 is 2.17 bits per heavy atom. The number of nitro benzene ring substituents is 1. The first kappa shape index (κ1) is 26.2. The maximum absolute atomic E-state index is 13.3. The number of fused-ring (bicyclic) bond motifs is 1. The maximum Gasteiger partial charge on any atom is 0.270 e. The van der Waals surface area contributed by atoms with E-state index in [1.54, 1.807) is 6.07 Å². The number of non-ortho nitro benzene ring substituents is 1. The monoisotopic (exact) mass is 537 g/mol. The maximum atomic E-state index is 13.3. The number of benzene rings is 3. The van der Waals surface area contributed by atoms with Crippen molar-refractivity contribution in [3.05, 3.63) is 99.1 Å². The number of anilines is 2. The average Bonchev–Trinajstić information content (AvgIpc) is 3.73. The molecule has 0 atom stereocenters. The van der Waals surface area contributed by atoms with Gasteiger partial charge in [0.2, 0.25) is 0 Å². The quantitative estimate of drug-likeness (QED) is 0.205. The van der Waals surface area contributed by atoms with Crippen molar-refractivity contribution in [2.24, 2.45) is 0 Å². The summed E-state index contributed by atoms with van der Waals surface area (Å²) in [4.78, 5) is 29.4. The zero-order valence-electron chi connectivity index (χ0n) is 22.7. The molecule has 1 amide bonds. The van der Waals surface area contributed by atoms with Crippen LogP contribution in [0.15, 0.2) is 66.7 Å². The molecule has 3 aliphatic rings. The third-order valence-corrected chi connectivity index (χ3v) is 8.19. The van der Waals surface area contributed by atoms with Gasteiger partial charge in [-0.3, -0.25) is 19.8 Å². The number of nitrogens with zero attached hydrogens (tertiary/aromatic N) is 3. The molecule has 206 valence electrons. The van der Waals surface area contributed by atoms with Gasteiger partial charge in [0, 0.05) is 42.2 Å². The SMILES string of the molecule is O=C1Nc2ccc([N+](=O)[O-])cc2C1=C(Nc1ccc(CN2CCCC2)cc1)c1ccc(CCN2CCCC2)cc1. The molecule has 8 nitrogen and oxygen atoms in total. The lowest BCUT2D eigenvalue weighted by Gasteiger charge is -2.18. The van der Waals surface area contributed by atoms with Gasteiger partial charge in [-0.1, -0.05) is 36.4 Å². The number of hydrogen-bond donors (Lipinski definition) is 2. The molecule has 0 bridgehead atoms. The second-order valence-electron chi connectivity index (χ2n) is 11.0. The Bertz CT molecular complexity index is 1420. The largest absolute Gasteiger partial charge is 0.354 e. The van der Waals surface area contributed by atoms with Gasteiger partial charge in [-0.25, -0.2) is 0 Å². The molecule has 0 radical (unpaired) electrons. The lowest BCUT2D eigenvalue weighted by Crippen LogP contribution is -2.21. The lowest BCUT2D eigenvalue weighted by molar-refractivity contribution is -0.384. The summed E-state index contributed by atoms with van der Waals surface area (Å²) in [7, 11) is 0. The van der Waals surface area contributed by atoms with Gasteiger partial charge in [0.1, 0.15) is 0 Å². The summed E-state index contributed by atoms with van der Waals surface area (Å²) in [6.45, 7) is 6.63. The number of rotatable bonds is 9. The van der Waals surface area contributed by atoms with Crippen LogP contribution in [0.1, 0.15) is 47.9 Å². The molecule has 8 heteroatoms. The highest BCUT2D eigenvalue weighted by atomic mass is 16.6. The van der Waals surface area contributed by atoms with E-state index < -0.39 is 4.92 Å². The van der Waals surface area contributed by atoms with Crippen molar-refractivity contribution in [2.45, 2.75) is 38.6 Å². The fourth-order valence-electron chi connectivity index (χ4n) is 5.96. The minimum absolute atomic E-state index is 0.0457. The number of carbonyl (C=O) groups excluding carboxylic acids is 1. The van der Waals surface area contributed by atoms with E-state index in [0.717, 1.165) is 43.9 Å². The first-order valence-corrected chi connectivity index (χ1v) is 14.3. The van der Waals surface area contributed by atoms with Gasteiger partial charge in [-0.05, 0) is 93.2 Å². The molecule has 0 aliphatic carbocycles. The van der Waals surface area contributed by atoms with Crippen molar-refractivity contribution >= 4 is 34.2 Å². The van der Waals surface area contributed by atoms with Crippen molar-refractivity contribution < 1.29 is 9.72 Å².